The van der Waals surface area contributed by atoms with Crippen molar-refractivity contribution in [1.29, 1.82) is 0 Å². The number of aryl methyl sites for hydroxylation is 1. The monoisotopic (exact) mass is 188 g/mol. The molecule has 0 aromatic heterocycles. The van der Waals surface area contributed by atoms with Gasteiger partial charge in [-0.1, -0.05) is 31.2 Å². The predicted octanol–water partition coefficient (Wildman–Crippen LogP) is 3.79. The minimum Gasteiger partial charge on any atom is -0.508 e. The molecule has 1 saturated carbocycles. The van der Waals surface area contributed by atoms with E-state index in [0.29, 0.717) is 0 Å². The van der Waals surface area contributed by atoms with E-state index in [4.69, 9.17) is 0 Å². The quantitative estimate of drug-likeness (QED) is 0.700. The molecule has 0 aliphatic heterocycles. The molecule has 1 N–H and O–H groups in total. The Morgan fingerprint density at radius 2 is 2.14 bits per heavy atom. The van der Waals surface area contributed by atoms with Gasteiger partial charge in [-0.25, -0.2) is 0 Å². The van der Waals surface area contributed by atoms with Crippen LogP contribution in [0.1, 0.15) is 41.9 Å². The van der Waals surface area contributed by atoms with Crippen LogP contribution in [0.15, 0.2) is 24.8 Å². The maximum Gasteiger partial charge on any atom is 0.115 e. The Morgan fingerprint density at radius 1 is 1.43 bits per heavy atom. The van der Waals surface area contributed by atoms with Gasteiger partial charge in [0.05, 0.1) is 0 Å². The van der Waals surface area contributed by atoms with Crippen LogP contribution in [-0.4, -0.2) is 5.11 Å². The summed E-state index contributed by atoms with van der Waals surface area (Å²) in [5.74, 6) is 0.928. The van der Waals surface area contributed by atoms with E-state index >= 15 is 0 Å². The van der Waals surface area contributed by atoms with Crippen LogP contribution in [0.25, 0.3) is 5.76 Å². The van der Waals surface area contributed by atoms with Crippen molar-refractivity contribution < 1.29 is 5.11 Å². The van der Waals surface area contributed by atoms with E-state index < -0.39 is 0 Å². The molecule has 0 bridgehead atoms. The highest BCUT2D eigenvalue weighted by Gasteiger charge is 2.19. The first-order valence-corrected chi connectivity index (χ1v) is 5.17. The highest BCUT2D eigenvalue weighted by molar-refractivity contribution is 5.60. The fraction of sp³-hybridized carbons (Fsp3) is 0.385. The zero-order chi connectivity index (χ0) is 10.1. The van der Waals surface area contributed by atoms with Crippen molar-refractivity contribution in [2.45, 2.75) is 32.1 Å². The lowest BCUT2D eigenvalue weighted by atomic mass is 9.79. The summed E-state index contributed by atoms with van der Waals surface area (Å²) in [6.07, 6.45) is 4.00. The Morgan fingerprint density at radius 3 is 2.57 bits per heavy atom. The van der Waals surface area contributed by atoms with E-state index in [1.807, 2.05) is 13.0 Å². The molecule has 0 heterocycles. The first-order chi connectivity index (χ1) is 6.68. The summed E-state index contributed by atoms with van der Waals surface area (Å²) in [7, 11) is 0. The second kappa shape index (κ2) is 3.49. The maximum atomic E-state index is 9.31. The van der Waals surface area contributed by atoms with Crippen molar-refractivity contribution in [2.24, 2.45) is 0 Å². The van der Waals surface area contributed by atoms with E-state index in [1.54, 1.807) is 0 Å². The standard InChI is InChI=1S/C13H16O/c1-9-8-12(11-4-3-5-11)6-7-13(9)10(2)14/h6-8,11,14H,2-5H2,1H3. The van der Waals surface area contributed by atoms with Crippen LogP contribution >= 0.6 is 0 Å². The molecule has 1 aromatic carbocycles. The zero-order valence-corrected chi connectivity index (χ0v) is 8.59. The molecule has 0 saturated heterocycles. The van der Waals surface area contributed by atoms with E-state index in [1.165, 1.54) is 24.8 Å². The smallest absolute Gasteiger partial charge is 0.115 e. The molecule has 1 fully saturated rings. The molecule has 0 spiro atoms. The van der Waals surface area contributed by atoms with Gasteiger partial charge in [-0.3, -0.25) is 0 Å². The van der Waals surface area contributed by atoms with Gasteiger partial charge in [0.1, 0.15) is 5.76 Å². The molecule has 1 aromatic rings. The van der Waals surface area contributed by atoms with Gasteiger partial charge in [0.25, 0.3) is 0 Å². The number of hydrogen-bond acceptors (Lipinski definition) is 1. The number of benzene rings is 1. The SMILES string of the molecule is C=C(O)c1ccc(C2CCC2)cc1C. The number of aliphatic hydroxyl groups excluding tert-OH is 1. The first kappa shape index (κ1) is 9.32. The van der Waals surface area contributed by atoms with Crippen LogP contribution in [0.2, 0.25) is 0 Å². The Labute approximate surface area is 85.1 Å². The summed E-state index contributed by atoms with van der Waals surface area (Å²) in [5.41, 5.74) is 3.41. The van der Waals surface area contributed by atoms with Crippen molar-refractivity contribution in [3.05, 3.63) is 41.5 Å². The van der Waals surface area contributed by atoms with E-state index in [-0.39, 0.29) is 5.76 Å². The van der Waals surface area contributed by atoms with Gasteiger partial charge in [-0.15, -0.1) is 0 Å². The topological polar surface area (TPSA) is 20.2 Å². The molecule has 14 heavy (non-hydrogen) atoms. The average Bonchev–Trinajstić information content (AvgIpc) is 2.00. The van der Waals surface area contributed by atoms with Crippen LogP contribution in [-0.2, 0) is 0 Å². The molecular weight excluding hydrogens is 172 g/mol. The van der Waals surface area contributed by atoms with E-state index in [9.17, 15) is 5.11 Å². The lowest BCUT2D eigenvalue weighted by Gasteiger charge is -2.26. The van der Waals surface area contributed by atoms with Crippen molar-refractivity contribution in [1.82, 2.24) is 0 Å². The molecule has 2 rings (SSSR count). The Bertz CT molecular complexity index is 361. The van der Waals surface area contributed by atoms with Gasteiger partial charge < -0.3 is 5.11 Å². The summed E-state index contributed by atoms with van der Waals surface area (Å²) in [6.45, 7) is 5.58. The highest BCUT2D eigenvalue weighted by atomic mass is 16.3. The third kappa shape index (κ3) is 1.54. The average molecular weight is 188 g/mol. The molecule has 0 unspecified atom stereocenters. The Hall–Kier alpha value is -1.24. The van der Waals surface area contributed by atoms with Gasteiger partial charge >= 0.3 is 0 Å². The van der Waals surface area contributed by atoms with Crippen LogP contribution in [0.3, 0.4) is 0 Å². The van der Waals surface area contributed by atoms with Gasteiger partial charge in [-0.2, -0.15) is 0 Å². The van der Waals surface area contributed by atoms with Crippen molar-refractivity contribution in [3.63, 3.8) is 0 Å². The van der Waals surface area contributed by atoms with E-state index in [2.05, 4.69) is 18.7 Å². The summed E-state index contributed by atoms with van der Waals surface area (Å²) < 4.78 is 0. The molecule has 74 valence electrons. The van der Waals surface area contributed by atoms with Gasteiger partial charge in [-0.05, 0) is 36.8 Å². The number of hydrogen-bond donors (Lipinski definition) is 1. The van der Waals surface area contributed by atoms with Crippen LogP contribution in [0.4, 0.5) is 0 Å². The second-order valence-corrected chi connectivity index (χ2v) is 4.15. The number of rotatable bonds is 2. The fourth-order valence-corrected chi connectivity index (χ4v) is 2.01. The molecular formula is C13H16O. The second-order valence-electron chi connectivity index (χ2n) is 4.15. The third-order valence-corrected chi connectivity index (χ3v) is 3.14. The normalized spacial score (nSPS) is 16.4. The van der Waals surface area contributed by atoms with Gasteiger partial charge in [0.2, 0.25) is 0 Å². The summed E-state index contributed by atoms with van der Waals surface area (Å²) in [6, 6.07) is 6.28. The largest absolute Gasteiger partial charge is 0.508 e. The molecule has 1 heteroatoms. The fourth-order valence-electron chi connectivity index (χ4n) is 2.01. The number of aliphatic hydroxyl groups is 1. The van der Waals surface area contributed by atoms with E-state index in [0.717, 1.165) is 17.0 Å². The highest BCUT2D eigenvalue weighted by Crippen LogP contribution is 2.37. The maximum absolute atomic E-state index is 9.31. The predicted molar refractivity (Wildman–Crippen MR) is 59.4 cm³/mol. The summed E-state index contributed by atoms with van der Waals surface area (Å²) >= 11 is 0. The van der Waals surface area contributed by atoms with Gasteiger partial charge in [0, 0.05) is 5.56 Å². The molecule has 1 aliphatic carbocycles. The molecule has 0 atom stereocenters. The van der Waals surface area contributed by atoms with Gasteiger partial charge in [0.15, 0.2) is 0 Å². The van der Waals surface area contributed by atoms with Crippen molar-refractivity contribution in [3.8, 4) is 0 Å². The van der Waals surface area contributed by atoms with Crippen LogP contribution in [0.5, 0.6) is 0 Å². The van der Waals surface area contributed by atoms with Crippen molar-refractivity contribution in [2.75, 3.05) is 0 Å². The zero-order valence-electron chi connectivity index (χ0n) is 8.59. The minimum atomic E-state index is 0.169. The summed E-state index contributed by atoms with van der Waals surface area (Å²) in [5, 5.41) is 9.31. The molecule has 0 radical (unpaired) electrons. The summed E-state index contributed by atoms with van der Waals surface area (Å²) in [4.78, 5) is 0. The Kier molecular flexibility index (Phi) is 2.32. The van der Waals surface area contributed by atoms with Crippen LogP contribution in [0, 0.1) is 6.92 Å². The molecule has 0 amide bonds. The lowest BCUT2D eigenvalue weighted by Crippen LogP contribution is -2.09. The molecule has 1 nitrogen and oxygen atoms in total. The Balaban J connectivity index is 2.30. The minimum absolute atomic E-state index is 0.169. The lowest BCUT2D eigenvalue weighted by molar-refractivity contribution is 0.419. The molecule has 1 aliphatic rings. The third-order valence-electron chi connectivity index (χ3n) is 3.14. The first-order valence-electron chi connectivity index (χ1n) is 5.17. The van der Waals surface area contributed by atoms with Crippen molar-refractivity contribution >= 4 is 5.76 Å². The van der Waals surface area contributed by atoms with Crippen LogP contribution < -0.4 is 0 Å².